The molecule has 0 spiro atoms. The van der Waals surface area contributed by atoms with Crippen LogP contribution >= 0.6 is 0 Å². The maximum absolute atomic E-state index is 13.0. The summed E-state index contributed by atoms with van der Waals surface area (Å²) < 4.78 is 38.8. The highest BCUT2D eigenvalue weighted by Gasteiger charge is 2.23. The van der Waals surface area contributed by atoms with E-state index in [0.29, 0.717) is 11.6 Å². The summed E-state index contributed by atoms with van der Waals surface area (Å²) >= 11 is 0. The molecular weight excluding hydrogens is 227 g/mol. The van der Waals surface area contributed by atoms with Crippen molar-refractivity contribution in [2.45, 2.75) is 38.6 Å². The molecule has 17 heavy (non-hydrogen) atoms. The number of rotatable bonds is 3. The molecule has 0 aliphatic heterocycles. The second-order valence-corrected chi connectivity index (χ2v) is 4.68. The van der Waals surface area contributed by atoms with Crippen molar-refractivity contribution in [3.63, 3.8) is 0 Å². The van der Waals surface area contributed by atoms with E-state index >= 15 is 0 Å². The molecule has 1 aromatic rings. The number of nitrogens with one attached hydrogen (secondary N) is 1. The van der Waals surface area contributed by atoms with E-state index in [-0.39, 0.29) is 6.04 Å². The zero-order valence-corrected chi connectivity index (χ0v) is 9.77. The molecule has 1 N–H and O–H groups in total. The van der Waals surface area contributed by atoms with Crippen molar-refractivity contribution >= 4 is 5.69 Å². The minimum absolute atomic E-state index is 0.240. The average molecular weight is 243 g/mol. The molecule has 1 nitrogen and oxygen atoms in total. The van der Waals surface area contributed by atoms with Crippen LogP contribution in [-0.4, -0.2) is 6.04 Å². The normalized spacial score (nSPS) is 24.0. The monoisotopic (exact) mass is 243 g/mol. The largest absolute Gasteiger partial charge is 0.382 e. The van der Waals surface area contributed by atoms with E-state index in [4.69, 9.17) is 0 Å². The SMILES string of the molecule is CCC1CCC(Nc2cc(F)c(F)c(F)c2)C1. The molecular formula is C13H16F3N. The Morgan fingerprint density at radius 3 is 2.35 bits per heavy atom. The third-order valence-corrected chi connectivity index (χ3v) is 3.47. The maximum atomic E-state index is 13.0. The zero-order valence-electron chi connectivity index (χ0n) is 9.77. The first-order valence-corrected chi connectivity index (χ1v) is 6.01. The summed E-state index contributed by atoms with van der Waals surface area (Å²) in [6, 6.07) is 2.26. The van der Waals surface area contributed by atoms with Crippen LogP contribution < -0.4 is 5.32 Å². The minimum Gasteiger partial charge on any atom is -0.382 e. The van der Waals surface area contributed by atoms with Crippen LogP contribution in [0.5, 0.6) is 0 Å². The summed E-state index contributed by atoms with van der Waals surface area (Å²) in [7, 11) is 0. The van der Waals surface area contributed by atoms with Gasteiger partial charge >= 0.3 is 0 Å². The molecule has 2 atom stereocenters. The lowest BCUT2D eigenvalue weighted by molar-refractivity contribution is 0.447. The highest BCUT2D eigenvalue weighted by Crippen LogP contribution is 2.30. The highest BCUT2D eigenvalue weighted by atomic mass is 19.2. The Hall–Kier alpha value is -1.19. The van der Waals surface area contributed by atoms with Crippen molar-refractivity contribution < 1.29 is 13.2 Å². The topological polar surface area (TPSA) is 12.0 Å². The summed E-state index contributed by atoms with van der Waals surface area (Å²) in [5.41, 5.74) is 0.322. The molecule has 2 unspecified atom stereocenters. The van der Waals surface area contributed by atoms with E-state index in [9.17, 15) is 13.2 Å². The molecule has 0 radical (unpaired) electrons. The summed E-state index contributed by atoms with van der Waals surface area (Å²) in [5.74, 6) is -3.01. The predicted molar refractivity (Wildman–Crippen MR) is 61.4 cm³/mol. The smallest absolute Gasteiger partial charge is 0.194 e. The van der Waals surface area contributed by atoms with Crippen molar-refractivity contribution in [1.29, 1.82) is 0 Å². The van der Waals surface area contributed by atoms with Gasteiger partial charge in [0.25, 0.3) is 0 Å². The molecule has 0 aromatic heterocycles. The van der Waals surface area contributed by atoms with Crippen LogP contribution in [0.2, 0.25) is 0 Å². The second-order valence-electron chi connectivity index (χ2n) is 4.68. The number of benzene rings is 1. The molecule has 1 saturated carbocycles. The number of anilines is 1. The Kier molecular flexibility index (Phi) is 3.60. The van der Waals surface area contributed by atoms with E-state index in [2.05, 4.69) is 12.2 Å². The van der Waals surface area contributed by atoms with Crippen LogP contribution in [0.25, 0.3) is 0 Å². The molecule has 0 bridgehead atoms. The molecule has 1 aliphatic carbocycles. The first-order valence-electron chi connectivity index (χ1n) is 6.01. The van der Waals surface area contributed by atoms with Crippen LogP contribution in [0, 0.1) is 23.4 Å². The van der Waals surface area contributed by atoms with Gasteiger partial charge in [0.1, 0.15) is 0 Å². The van der Waals surface area contributed by atoms with Gasteiger partial charge in [-0.2, -0.15) is 0 Å². The minimum atomic E-state index is -1.41. The Morgan fingerprint density at radius 1 is 1.18 bits per heavy atom. The lowest BCUT2D eigenvalue weighted by Crippen LogP contribution is -2.16. The van der Waals surface area contributed by atoms with Gasteiger partial charge in [0, 0.05) is 23.9 Å². The lowest BCUT2D eigenvalue weighted by Gasteiger charge is -2.14. The van der Waals surface area contributed by atoms with Crippen LogP contribution in [-0.2, 0) is 0 Å². The van der Waals surface area contributed by atoms with Gasteiger partial charge < -0.3 is 5.32 Å². The van der Waals surface area contributed by atoms with E-state index in [1.54, 1.807) is 0 Å². The molecule has 94 valence electrons. The predicted octanol–water partition coefficient (Wildman–Crippen LogP) is 4.09. The molecule has 1 aliphatic rings. The fraction of sp³-hybridized carbons (Fsp3) is 0.538. The van der Waals surface area contributed by atoms with Crippen LogP contribution in [0.15, 0.2) is 12.1 Å². The number of halogens is 3. The van der Waals surface area contributed by atoms with Gasteiger partial charge in [0.15, 0.2) is 17.5 Å². The first kappa shape index (κ1) is 12.3. The summed E-state index contributed by atoms with van der Waals surface area (Å²) in [4.78, 5) is 0. The van der Waals surface area contributed by atoms with Gasteiger partial charge in [-0.05, 0) is 25.2 Å². The third kappa shape index (κ3) is 2.73. The van der Waals surface area contributed by atoms with Crippen LogP contribution in [0.4, 0.5) is 18.9 Å². The molecule has 4 heteroatoms. The average Bonchev–Trinajstić information content (AvgIpc) is 2.73. The van der Waals surface area contributed by atoms with Crippen molar-refractivity contribution in [2.24, 2.45) is 5.92 Å². The standard InChI is InChI=1S/C13H16F3N/c1-2-8-3-4-9(5-8)17-10-6-11(14)13(16)12(15)7-10/h6-9,17H,2-5H2,1H3. The summed E-state index contributed by atoms with van der Waals surface area (Å²) in [6.07, 6.45) is 4.28. The van der Waals surface area contributed by atoms with E-state index < -0.39 is 17.5 Å². The van der Waals surface area contributed by atoms with Gasteiger partial charge in [0.2, 0.25) is 0 Å². The van der Waals surface area contributed by atoms with Gasteiger partial charge in [-0.3, -0.25) is 0 Å². The van der Waals surface area contributed by atoms with Gasteiger partial charge in [-0.1, -0.05) is 13.3 Å². The fourth-order valence-electron chi connectivity index (χ4n) is 2.45. The van der Waals surface area contributed by atoms with E-state index in [1.807, 2.05) is 0 Å². The molecule has 0 heterocycles. The lowest BCUT2D eigenvalue weighted by atomic mass is 10.1. The molecule has 0 amide bonds. The van der Waals surface area contributed by atoms with Crippen molar-refractivity contribution in [3.8, 4) is 0 Å². The highest BCUT2D eigenvalue weighted by molar-refractivity contribution is 5.45. The van der Waals surface area contributed by atoms with Crippen LogP contribution in [0.3, 0.4) is 0 Å². The fourth-order valence-corrected chi connectivity index (χ4v) is 2.45. The van der Waals surface area contributed by atoms with Gasteiger partial charge in [-0.25, -0.2) is 13.2 Å². The third-order valence-electron chi connectivity index (χ3n) is 3.47. The molecule has 0 saturated heterocycles. The van der Waals surface area contributed by atoms with Gasteiger partial charge in [-0.15, -0.1) is 0 Å². The van der Waals surface area contributed by atoms with Crippen molar-refractivity contribution in [2.75, 3.05) is 5.32 Å². The molecule has 2 rings (SSSR count). The Bertz CT molecular complexity index is 383. The van der Waals surface area contributed by atoms with Crippen LogP contribution in [0.1, 0.15) is 32.6 Å². The Morgan fingerprint density at radius 2 is 1.82 bits per heavy atom. The molecule has 1 aromatic carbocycles. The van der Waals surface area contributed by atoms with Crippen molar-refractivity contribution in [1.82, 2.24) is 0 Å². The van der Waals surface area contributed by atoms with E-state index in [0.717, 1.165) is 37.8 Å². The van der Waals surface area contributed by atoms with Gasteiger partial charge in [0.05, 0.1) is 0 Å². The summed E-state index contributed by atoms with van der Waals surface area (Å²) in [6.45, 7) is 2.14. The van der Waals surface area contributed by atoms with Crippen molar-refractivity contribution in [3.05, 3.63) is 29.6 Å². The zero-order chi connectivity index (χ0) is 12.4. The quantitative estimate of drug-likeness (QED) is 0.788. The van der Waals surface area contributed by atoms with E-state index in [1.165, 1.54) is 0 Å². The molecule has 1 fully saturated rings. The second kappa shape index (κ2) is 4.98. The number of hydrogen-bond acceptors (Lipinski definition) is 1. The maximum Gasteiger partial charge on any atom is 0.194 e. The first-order chi connectivity index (χ1) is 8.10. The Labute approximate surface area is 99.0 Å². The number of hydrogen-bond donors (Lipinski definition) is 1. The Balaban J connectivity index is 2.04. The summed E-state index contributed by atoms with van der Waals surface area (Å²) in [5, 5.41) is 3.07.